The zero-order valence-corrected chi connectivity index (χ0v) is 17.0. The average molecular weight is 437 g/mol. The maximum Gasteiger partial charge on any atom is 0.268 e. The first kappa shape index (κ1) is 16.3. The smallest absolute Gasteiger partial charge is 0.268 e. The number of H-pyrrole nitrogens is 1. The van der Waals surface area contributed by atoms with Crippen molar-refractivity contribution in [2.45, 2.75) is 25.8 Å². The van der Waals surface area contributed by atoms with Crippen molar-refractivity contribution in [3.8, 4) is 11.1 Å². The zero-order valence-electron chi connectivity index (χ0n) is 19.5. The van der Waals surface area contributed by atoms with Crippen LogP contribution in [0.5, 0.6) is 0 Å². The second-order valence-electron chi connectivity index (χ2n) is 6.37. The Morgan fingerprint density at radius 2 is 2.21 bits per heavy atom. The van der Waals surface area contributed by atoms with E-state index in [4.69, 9.17) is 28.7 Å². The largest absolute Gasteiger partial charge is 0.394 e. The third kappa shape index (κ3) is 5.29. The molecule has 0 aliphatic rings. The summed E-state index contributed by atoms with van der Waals surface area (Å²) in [5.41, 5.74) is 1.92. The maximum absolute atomic E-state index is 12.7. The lowest BCUT2D eigenvalue weighted by Gasteiger charge is -2.16. The van der Waals surface area contributed by atoms with Crippen LogP contribution in [0, 0.1) is 0 Å². The first-order chi connectivity index (χ1) is 15.4. The van der Waals surface area contributed by atoms with E-state index >= 15 is 0 Å². The number of anilines is 1. The number of nitrogens with zero attached hydrogens (tertiary/aromatic N) is 1. The van der Waals surface area contributed by atoms with Gasteiger partial charge in [0.25, 0.3) is 5.91 Å². The summed E-state index contributed by atoms with van der Waals surface area (Å²) in [5, 5.41) is 15.8. The quantitative estimate of drug-likeness (QED) is 0.433. The van der Waals surface area contributed by atoms with E-state index in [1.165, 1.54) is 19.2 Å². The molecule has 1 amide bonds. The summed E-state index contributed by atoms with van der Waals surface area (Å²) in [7, 11) is 0. The number of amides is 1. The van der Waals surface area contributed by atoms with Crippen LogP contribution in [-0.2, 0) is 0 Å². The van der Waals surface area contributed by atoms with Crippen molar-refractivity contribution in [3.05, 3.63) is 70.1 Å². The van der Waals surface area contributed by atoms with Crippen molar-refractivity contribution in [2.24, 2.45) is 0 Å². The van der Waals surface area contributed by atoms with Crippen molar-refractivity contribution in [1.82, 2.24) is 15.3 Å². The van der Waals surface area contributed by atoms with Crippen molar-refractivity contribution in [3.63, 3.8) is 0 Å². The van der Waals surface area contributed by atoms with E-state index < -0.39 is 24.8 Å². The molecule has 152 valence electrons. The molecule has 29 heavy (non-hydrogen) atoms. The van der Waals surface area contributed by atoms with Crippen LogP contribution in [-0.4, -0.2) is 33.6 Å². The summed E-state index contributed by atoms with van der Waals surface area (Å²) >= 11 is 12.3. The van der Waals surface area contributed by atoms with Crippen LogP contribution in [0.3, 0.4) is 0 Å². The van der Waals surface area contributed by atoms with Gasteiger partial charge in [-0.15, -0.1) is 0 Å². The van der Waals surface area contributed by atoms with Gasteiger partial charge in [-0.2, -0.15) is 0 Å². The molecule has 4 N–H and O–H groups in total. The minimum Gasteiger partial charge on any atom is -0.394 e. The Morgan fingerprint density at radius 3 is 2.93 bits per heavy atom. The van der Waals surface area contributed by atoms with E-state index in [1.54, 1.807) is 36.5 Å². The summed E-state index contributed by atoms with van der Waals surface area (Å²) in [5.74, 6) is -0.304. The molecule has 0 saturated carbocycles. The van der Waals surface area contributed by atoms with Crippen LogP contribution >= 0.6 is 23.2 Å². The maximum atomic E-state index is 12.7. The lowest BCUT2D eigenvalue weighted by atomic mass is 10.1. The predicted octanol–water partition coefficient (Wildman–Crippen LogP) is 4.67. The van der Waals surface area contributed by atoms with Gasteiger partial charge in [-0.25, -0.2) is 4.98 Å². The number of hydrogen-bond donors (Lipinski definition) is 4. The normalized spacial score (nSPS) is 16.6. The number of benzene rings is 1. The lowest BCUT2D eigenvalue weighted by Crippen LogP contribution is -2.31. The van der Waals surface area contributed by atoms with E-state index in [1.807, 2.05) is 0 Å². The Kier molecular flexibility index (Phi) is 5.22. The topological polar surface area (TPSA) is 90.0 Å². The van der Waals surface area contributed by atoms with Gasteiger partial charge in [-0.1, -0.05) is 35.3 Å². The number of carbonyl (C=O) groups is 1. The molecule has 0 spiro atoms. The Balaban J connectivity index is 1.81. The first-order valence-corrected chi connectivity index (χ1v) is 9.46. The highest BCUT2D eigenvalue weighted by Gasteiger charge is 2.18. The van der Waals surface area contributed by atoms with E-state index in [-0.39, 0.29) is 23.1 Å². The summed E-state index contributed by atoms with van der Waals surface area (Å²) in [6.07, 6.45) is 2.90. The molecule has 0 aliphatic heterocycles. The number of aromatic amines is 1. The van der Waals surface area contributed by atoms with Crippen LogP contribution in [0.15, 0.2) is 48.8 Å². The van der Waals surface area contributed by atoms with Gasteiger partial charge in [-0.05, 0) is 43.6 Å². The van der Waals surface area contributed by atoms with E-state index in [0.717, 1.165) is 0 Å². The fraction of sp³-hybridized carbons (Fsp3) is 0.238. The summed E-state index contributed by atoms with van der Waals surface area (Å²) in [4.78, 5) is 19.7. The molecule has 0 saturated heterocycles. The van der Waals surface area contributed by atoms with Gasteiger partial charge >= 0.3 is 0 Å². The molecule has 0 radical (unpaired) electrons. The van der Waals surface area contributed by atoms with Crippen molar-refractivity contribution < 1.29 is 15.4 Å². The van der Waals surface area contributed by atoms with Gasteiger partial charge in [0.15, 0.2) is 0 Å². The fourth-order valence-electron chi connectivity index (χ4n) is 2.80. The average Bonchev–Trinajstić information content (AvgIpc) is 3.22. The number of halogens is 2. The van der Waals surface area contributed by atoms with Gasteiger partial charge in [0, 0.05) is 38.7 Å². The Labute approximate surface area is 184 Å². The Hall–Kier alpha value is -2.54. The van der Waals surface area contributed by atoms with Gasteiger partial charge in [0.05, 0.1) is 19.0 Å². The molecule has 2 aromatic heterocycles. The van der Waals surface area contributed by atoms with E-state index in [2.05, 4.69) is 20.6 Å². The van der Waals surface area contributed by atoms with E-state index in [0.29, 0.717) is 21.7 Å². The van der Waals surface area contributed by atoms with Gasteiger partial charge < -0.3 is 20.7 Å². The first-order valence-electron chi connectivity index (χ1n) is 10.7. The molecule has 2 heterocycles. The highest BCUT2D eigenvalue weighted by Crippen LogP contribution is 2.30. The SMILES string of the molecule is [2H]C([2H])([2H])C([2H])(C)Nc1cc(-c2c[nH]c(C(=O)N[C@H](CO)c3cccc(Cl)c3)c2)c(Cl)cn1. The highest BCUT2D eigenvalue weighted by atomic mass is 35.5. The summed E-state index contributed by atoms with van der Waals surface area (Å²) < 4.78 is 30.5. The van der Waals surface area contributed by atoms with Crippen LogP contribution in [0.4, 0.5) is 5.82 Å². The third-order valence-corrected chi connectivity index (χ3v) is 4.68. The second kappa shape index (κ2) is 9.31. The van der Waals surface area contributed by atoms with Crippen molar-refractivity contribution >= 4 is 34.9 Å². The molecule has 1 aromatic carbocycles. The molecule has 3 rings (SSSR count). The van der Waals surface area contributed by atoms with Gasteiger partial charge in [0.2, 0.25) is 0 Å². The standard InChI is InChI=1S/C21H22Cl2N4O2/c1-12(2)26-20-8-16(17(23)10-25-20)14-7-18(24-9-14)21(29)27-19(11-28)13-4-3-5-15(22)6-13/h3-10,12,19,24,28H,11H2,1-2H3,(H,25,26)(H,27,29)/t19-/m1/s1/i1D3,12D/t12?,19-. The van der Waals surface area contributed by atoms with Crippen LogP contribution in [0.25, 0.3) is 11.1 Å². The number of rotatable bonds is 7. The van der Waals surface area contributed by atoms with Crippen molar-refractivity contribution in [2.75, 3.05) is 11.9 Å². The second-order valence-corrected chi connectivity index (χ2v) is 7.21. The molecule has 0 aliphatic carbocycles. The summed E-state index contributed by atoms with van der Waals surface area (Å²) in [6.45, 7) is -1.67. The molecule has 2 atom stereocenters. The molecule has 8 heteroatoms. The minimum atomic E-state index is -2.58. The minimum absolute atomic E-state index is 0.150. The van der Waals surface area contributed by atoms with Crippen LogP contribution in [0.2, 0.25) is 10.0 Å². The zero-order chi connectivity index (χ0) is 24.4. The molecule has 6 nitrogen and oxygen atoms in total. The number of aliphatic hydroxyl groups is 1. The van der Waals surface area contributed by atoms with E-state index in [9.17, 15) is 9.90 Å². The third-order valence-electron chi connectivity index (χ3n) is 4.15. The van der Waals surface area contributed by atoms with Crippen LogP contribution < -0.4 is 10.6 Å². The molecule has 3 aromatic rings. The molecule has 0 bridgehead atoms. The number of carbonyl (C=O) groups excluding carboxylic acids is 1. The molecular weight excluding hydrogens is 411 g/mol. The van der Waals surface area contributed by atoms with Gasteiger partial charge in [0.1, 0.15) is 11.5 Å². The monoisotopic (exact) mass is 436 g/mol. The number of nitrogens with one attached hydrogen (secondary N) is 3. The number of hydrogen-bond acceptors (Lipinski definition) is 4. The van der Waals surface area contributed by atoms with Crippen LogP contribution in [0.1, 0.15) is 41.4 Å². The molecular formula is C21H22Cl2N4O2. The van der Waals surface area contributed by atoms with Gasteiger partial charge in [-0.3, -0.25) is 4.79 Å². The lowest BCUT2D eigenvalue weighted by molar-refractivity contribution is 0.0912. The number of aliphatic hydroxyl groups excluding tert-OH is 1. The van der Waals surface area contributed by atoms with Crippen molar-refractivity contribution in [1.29, 1.82) is 0 Å². The number of aromatic nitrogens is 2. The fourth-order valence-corrected chi connectivity index (χ4v) is 3.21. The molecule has 1 unspecified atom stereocenters. The predicted molar refractivity (Wildman–Crippen MR) is 117 cm³/mol. The highest BCUT2D eigenvalue weighted by molar-refractivity contribution is 6.33. The molecule has 0 fully saturated rings. The Morgan fingerprint density at radius 1 is 1.38 bits per heavy atom. The Bertz CT molecular complexity index is 1150. The number of pyridine rings is 1. The summed E-state index contributed by atoms with van der Waals surface area (Å²) in [6, 6.07) is 7.29.